The summed E-state index contributed by atoms with van der Waals surface area (Å²) in [5.41, 5.74) is -0.153. The Morgan fingerprint density at radius 1 is 1.26 bits per heavy atom. The summed E-state index contributed by atoms with van der Waals surface area (Å²) in [4.78, 5) is 17.1. The predicted molar refractivity (Wildman–Crippen MR) is 88.4 cm³/mol. The second kappa shape index (κ2) is 6.80. The van der Waals surface area contributed by atoms with E-state index in [1.165, 1.54) is 22.2 Å². The maximum absolute atomic E-state index is 12.2. The van der Waals surface area contributed by atoms with E-state index in [2.05, 4.69) is 4.98 Å². The molecule has 0 radical (unpaired) electrons. The van der Waals surface area contributed by atoms with Gasteiger partial charge in [-0.25, -0.2) is 4.98 Å². The van der Waals surface area contributed by atoms with Crippen molar-refractivity contribution in [3.63, 3.8) is 0 Å². The lowest BCUT2D eigenvalue weighted by Gasteiger charge is -2.14. The number of thiophene rings is 1. The molecule has 0 aliphatic carbocycles. The average molecular weight is 332 g/mol. The second-order valence-corrected chi connectivity index (χ2v) is 5.88. The molecule has 2 aromatic heterocycles. The fourth-order valence-electron chi connectivity index (χ4n) is 2.17. The van der Waals surface area contributed by atoms with Crippen LogP contribution >= 0.6 is 11.3 Å². The van der Waals surface area contributed by atoms with E-state index in [4.69, 9.17) is 9.47 Å². The molecule has 0 fully saturated rings. The van der Waals surface area contributed by atoms with E-state index in [9.17, 15) is 9.90 Å². The first-order valence-electron chi connectivity index (χ1n) is 7.05. The van der Waals surface area contributed by atoms with Crippen LogP contribution in [-0.2, 0) is 6.54 Å². The third-order valence-electron chi connectivity index (χ3n) is 3.36. The van der Waals surface area contributed by atoms with Crippen LogP contribution in [-0.4, -0.2) is 34.5 Å². The van der Waals surface area contributed by atoms with Gasteiger partial charge in [0, 0.05) is 0 Å². The quantitative estimate of drug-likeness (QED) is 0.746. The van der Waals surface area contributed by atoms with Gasteiger partial charge in [-0.3, -0.25) is 9.36 Å². The van der Waals surface area contributed by atoms with Crippen molar-refractivity contribution in [2.24, 2.45) is 0 Å². The maximum Gasteiger partial charge on any atom is 0.262 e. The first-order chi connectivity index (χ1) is 11.2. The highest BCUT2D eigenvalue weighted by Gasteiger charge is 2.10. The molecule has 2 heterocycles. The number of aromatic nitrogens is 2. The number of benzene rings is 1. The third-order valence-corrected chi connectivity index (χ3v) is 4.18. The Labute approximate surface area is 136 Å². The van der Waals surface area contributed by atoms with Gasteiger partial charge < -0.3 is 14.6 Å². The minimum absolute atomic E-state index is 0.0838. The fraction of sp³-hybridized carbons (Fsp3) is 0.250. The summed E-state index contributed by atoms with van der Waals surface area (Å²) >= 11 is 1.42. The molecule has 0 bridgehead atoms. The summed E-state index contributed by atoms with van der Waals surface area (Å²) in [5.74, 6) is 1.36. The number of fused-ring (bicyclic) bond motifs is 1. The molecule has 1 aromatic carbocycles. The van der Waals surface area contributed by atoms with Crippen LogP contribution in [0.5, 0.6) is 11.5 Å². The number of hydrogen-bond donors (Lipinski definition) is 1. The normalized spacial score (nSPS) is 12.3. The summed E-state index contributed by atoms with van der Waals surface area (Å²) in [6.07, 6.45) is 0.644. The molecule has 1 N–H and O–H groups in total. The van der Waals surface area contributed by atoms with Crippen LogP contribution in [0.2, 0.25) is 0 Å². The monoisotopic (exact) mass is 332 g/mol. The van der Waals surface area contributed by atoms with Gasteiger partial charge in [-0.05, 0) is 35.7 Å². The first kappa shape index (κ1) is 15.5. The van der Waals surface area contributed by atoms with E-state index < -0.39 is 6.10 Å². The standard InChI is InChI=1S/C16H16N2O4S/c1-21-12-2-4-13(5-3-12)22-9-11(19)8-18-10-17-15-14(16(18)20)6-7-23-15/h2-7,10-11,19H,8-9H2,1H3. The molecule has 1 atom stereocenters. The van der Waals surface area contributed by atoms with Crippen molar-refractivity contribution < 1.29 is 14.6 Å². The lowest BCUT2D eigenvalue weighted by Crippen LogP contribution is -2.30. The molecule has 0 saturated heterocycles. The zero-order valence-corrected chi connectivity index (χ0v) is 13.3. The fourth-order valence-corrected chi connectivity index (χ4v) is 2.89. The van der Waals surface area contributed by atoms with Crippen molar-refractivity contribution in [3.8, 4) is 11.5 Å². The predicted octanol–water partition coefficient (Wildman–Crippen LogP) is 1.91. The molecular formula is C16H16N2O4S. The highest BCUT2D eigenvalue weighted by molar-refractivity contribution is 7.16. The van der Waals surface area contributed by atoms with Crippen LogP contribution < -0.4 is 15.0 Å². The lowest BCUT2D eigenvalue weighted by molar-refractivity contribution is 0.0914. The highest BCUT2D eigenvalue weighted by Crippen LogP contribution is 2.17. The molecule has 3 aromatic rings. The molecule has 0 aliphatic rings. The Bertz CT molecular complexity index is 841. The van der Waals surface area contributed by atoms with Crippen LogP contribution in [0.4, 0.5) is 0 Å². The Kier molecular flexibility index (Phi) is 4.59. The minimum atomic E-state index is -0.812. The summed E-state index contributed by atoms with van der Waals surface area (Å²) in [6.45, 7) is 0.216. The summed E-state index contributed by atoms with van der Waals surface area (Å²) < 4.78 is 12.0. The number of nitrogens with zero attached hydrogens (tertiary/aromatic N) is 2. The largest absolute Gasteiger partial charge is 0.497 e. The molecule has 23 heavy (non-hydrogen) atoms. The Balaban J connectivity index is 1.62. The van der Waals surface area contributed by atoms with E-state index in [1.807, 2.05) is 5.38 Å². The van der Waals surface area contributed by atoms with Gasteiger partial charge in [0.25, 0.3) is 5.56 Å². The summed E-state index contributed by atoms with van der Waals surface area (Å²) in [6, 6.07) is 8.82. The van der Waals surface area contributed by atoms with E-state index in [1.54, 1.807) is 37.4 Å². The van der Waals surface area contributed by atoms with E-state index in [0.717, 1.165) is 5.75 Å². The number of ether oxygens (including phenoxy) is 2. The van der Waals surface area contributed by atoms with Crippen LogP contribution in [0.15, 0.2) is 46.8 Å². The van der Waals surface area contributed by atoms with Gasteiger partial charge in [0.1, 0.15) is 29.0 Å². The van der Waals surface area contributed by atoms with Gasteiger partial charge in [-0.1, -0.05) is 0 Å². The maximum atomic E-state index is 12.2. The zero-order chi connectivity index (χ0) is 16.2. The Hall–Kier alpha value is -2.38. The van der Waals surface area contributed by atoms with Crippen molar-refractivity contribution >= 4 is 21.6 Å². The first-order valence-corrected chi connectivity index (χ1v) is 7.93. The van der Waals surface area contributed by atoms with Crippen LogP contribution in [0, 0.1) is 0 Å². The molecule has 7 heteroatoms. The third kappa shape index (κ3) is 3.52. The van der Waals surface area contributed by atoms with Gasteiger partial charge in [0.2, 0.25) is 0 Å². The van der Waals surface area contributed by atoms with Gasteiger partial charge in [-0.15, -0.1) is 11.3 Å². The Morgan fingerprint density at radius 3 is 2.74 bits per heavy atom. The molecule has 3 rings (SSSR count). The number of aliphatic hydroxyl groups excluding tert-OH is 1. The van der Waals surface area contributed by atoms with Crippen molar-refractivity contribution in [1.82, 2.24) is 9.55 Å². The van der Waals surface area contributed by atoms with Crippen molar-refractivity contribution in [3.05, 3.63) is 52.4 Å². The lowest BCUT2D eigenvalue weighted by atomic mass is 10.3. The molecule has 6 nitrogen and oxygen atoms in total. The van der Waals surface area contributed by atoms with Gasteiger partial charge in [0.15, 0.2) is 0 Å². The number of rotatable bonds is 6. The SMILES string of the molecule is COc1ccc(OCC(O)Cn2cnc3sccc3c2=O)cc1. The molecule has 0 saturated carbocycles. The number of methoxy groups -OCH3 is 1. The van der Waals surface area contributed by atoms with Gasteiger partial charge >= 0.3 is 0 Å². The summed E-state index contributed by atoms with van der Waals surface area (Å²) in [5, 5.41) is 12.5. The highest BCUT2D eigenvalue weighted by atomic mass is 32.1. The molecular weight excluding hydrogens is 316 g/mol. The molecule has 1 unspecified atom stereocenters. The second-order valence-electron chi connectivity index (χ2n) is 4.98. The van der Waals surface area contributed by atoms with Gasteiger partial charge in [0.05, 0.1) is 25.4 Å². The van der Waals surface area contributed by atoms with E-state index in [0.29, 0.717) is 16.0 Å². The minimum Gasteiger partial charge on any atom is -0.497 e. The molecule has 0 spiro atoms. The van der Waals surface area contributed by atoms with Crippen molar-refractivity contribution in [2.45, 2.75) is 12.6 Å². The molecule has 0 aliphatic heterocycles. The van der Waals surface area contributed by atoms with E-state index >= 15 is 0 Å². The molecule has 120 valence electrons. The van der Waals surface area contributed by atoms with E-state index in [-0.39, 0.29) is 18.7 Å². The van der Waals surface area contributed by atoms with Crippen LogP contribution in [0.1, 0.15) is 0 Å². The summed E-state index contributed by atoms with van der Waals surface area (Å²) in [7, 11) is 1.59. The Morgan fingerprint density at radius 2 is 2.00 bits per heavy atom. The zero-order valence-electron chi connectivity index (χ0n) is 12.5. The van der Waals surface area contributed by atoms with Crippen molar-refractivity contribution in [2.75, 3.05) is 13.7 Å². The average Bonchev–Trinajstić information content (AvgIpc) is 3.05. The van der Waals surface area contributed by atoms with Gasteiger partial charge in [-0.2, -0.15) is 0 Å². The number of aliphatic hydroxyl groups is 1. The topological polar surface area (TPSA) is 73.6 Å². The smallest absolute Gasteiger partial charge is 0.262 e. The van der Waals surface area contributed by atoms with Crippen molar-refractivity contribution in [1.29, 1.82) is 0 Å². The molecule has 0 amide bonds. The van der Waals surface area contributed by atoms with Crippen LogP contribution in [0.3, 0.4) is 0 Å². The van der Waals surface area contributed by atoms with Crippen LogP contribution in [0.25, 0.3) is 10.2 Å². The number of hydrogen-bond acceptors (Lipinski definition) is 6.